The number of hydrogen-bond donors (Lipinski definition) is 1. The lowest BCUT2D eigenvalue weighted by Crippen LogP contribution is -2.35. The summed E-state index contributed by atoms with van der Waals surface area (Å²) in [6.07, 6.45) is 3.56. The van der Waals surface area contributed by atoms with Gasteiger partial charge in [0.2, 0.25) is 0 Å². The Kier molecular flexibility index (Phi) is 5.40. The average Bonchev–Trinajstić information content (AvgIpc) is 2.41. The lowest BCUT2D eigenvalue weighted by molar-refractivity contribution is 0.0724. The largest absolute Gasteiger partial charge is 0.339 e. The summed E-state index contributed by atoms with van der Waals surface area (Å²) in [5.41, 5.74) is 1.98. The number of carbonyl (C=O) groups excluding carboxylic acids is 1. The van der Waals surface area contributed by atoms with Crippen LogP contribution in [0, 0.1) is 12.3 Å². The summed E-state index contributed by atoms with van der Waals surface area (Å²) in [4.78, 5) is 14.0. The minimum Gasteiger partial charge on any atom is -0.339 e. The van der Waals surface area contributed by atoms with Gasteiger partial charge in [-0.1, -0.05) is 17.7 Å². The molecule has 1 aromatic carbocycles. The second-order valence-electron chi connectivity index (χ2n) is 4.22. The number of amides is 1. The molecule has 1 heterocycles. The van der Waals surface area contributed by atoms with Crippen LogP contribution in [-0.2, 0) is 0 Å². The summed E-state index contributed by atoms with van der Waals surface area (Å²) >= 11 is 0. The van der Waals surface area contributed by atoms with E-state index < -0.39 is 0 Å². The Morgan fingerprint density at radius 1 is 1.24 bits per heavy atom. The van der Waals surface area contributed by atoms with E-state index in [9.17, 15) is 4.79 Å². The Morgan fingerprint density at radius 3 is 2.47 bits per heavy atom. The standard InChI is InChI=1S/C13H17NO.CH3N/c1-11-6-5-7-12(10-11)13(15)14-8-3-2-4-9-14;1-2/h5-7,10H,2-4,8-9H2,1H3;2H,1H2. The van der Waals surface area contributed by atoms with Crippen LogP contribution in [0.5, 0.6) is 0 Å². The number of aryl methyl sites for hydroxylation is 1. The molecule has 1 fully saturated rings. The van der Waals surface area contributed by atoms with Crippen LogP contribution in [0.4, 0.5) is 0 Å². The first-order valence-electron chi connectivity index (χ1n) is 5.99. The molecule has 0 atom stereocenters. The van der Waals surface area contributed by atoms with Gasteiger partial charge in [-0.2, -0.15) is 0 Å². The zero-order chi connectivity index (χ0) is 12.7. The summed E-state index contributed by atoms with van der Waals surface area (Å²) < 4.78 is 0. The lowest BCUT2D eigenvalue weighted by atomic mass is 10.1. The molecular formula is C14H20N2O. The number of nitrogens with zero attached hydrogens (tertiary/aromatic N) is 1. The van der Waals surface area contributed by atoms with Crippen molar-refractivity contribution in [1.29, 1.82) is 5.41 Å². The van der Waals surface area contributed by atoms with Crippen molar-refractivity contribution in [3.05, 3.63) is 35.4 Å². The molecule has 0 aromatic heterocycles. The van der Waals surface area contributed by atoms with Crippen molar-refractivity contribution in [2.45, 2.75) is 26.2 Å². The van der Waals surface area contributed by atoms with E-state index in [0.717, 1.165) is 37.1 Å². The highest BCUT2D eigenvalue weighted by Gasteiger charge is 2.17. The summed E-state index contributed by atoms with van der Waals surface area (Å²) in [6, 6.07) is 7.85. The van der Waals surface area contributed by atoms with E-state index in [4.69, 9.17) is 5.41 Å². The Bertz CT molecular complexity index is 370. The molecular weight excluding hydrogens is 212 g/mol. The van der Waals surface area contributed by atoms with Crippen LogP contribution in [0.2, 0.25) is 0 Å². The van der Waals surface area contributed by atoms with Gasteiger partial charge in [0, 0.05) is 18.7 Å². The van der Waals surface area contributed by atoms with E-state index in [0.29, 0.717) is 0 Å². The third-order valence-electron chi connectivity index (χ3n) is 2.91. The van der Waals surface area contributed by atoms with Crippen LogP contribution < -0.4 is 0 Å². The maximum atomic E-state index is 12.1. The second kappa shape index (κ2) is 6.84. The number of nitrogens with one attached hydrogen (secondary N) is 1. The van der Waals surface area contributed by atoms with Gasteiger partial charge < -0.3 is 10.3 Å². The predicted molar refractivity (Wildman–Crippen MR) is 70.8 cm³/mol. The van der Waals surface area contributed by atoms with Crippen molar-refractivity contribution < 1.29 is 4.79 Å². The number of piperidine rings is 1. The molecule has 1 aliphatic heterocycles. The van der Waals surface area contributed by atoms with Crippen LogP contribution in [0.25, 0.3) is 0 Å². The molecule has 17 heavy (non-hydrogen) atoms. The third-order valence-corrected chi connectivity index (χ3v) is 2.91. The molecule has 92 valence electrons. The molecule has 1 aromatic rings. The van der Waals surface area contributed by atoms with Crippen molar-refractivity contribution in [3.63, 3.8) is 0 Å². The Balaban J connectivity index is 0.000000686. The number of carbonyl (C=O) groups is 1. The fraction of sp³-hybridized carbons (Fsp3) is 0.429. The number of benzene rings is 1. The maximum Gasteiger partial charge on any atom is 0.253 e. The van der Waals surface area contributed by atoms with Gasteiger partial charge in [-0.25, -0.2) is 0 Å². The van der Waals surface area contributed by atoms with E-state index in [1.165, 1.54) is 6.42 Å². The summed E-state index contributed by atoms with van der Waals surface area (Å²) in [5, 5.41) is 5.50. The zero-order valence-corrected chi connectivity index (χ0v) is 10.4. The average molecular weight is 232 g/mol. The van der Waals surface area contributed by atoms with Gasteiger partial charge in [-0.15, -0.1) is 0 Å². The van der Waals surface area contributed by atoms with Gasteiger partial charge >= 0.3 is 0 Å². The molecule has 0 bridgehead atoms. The first kappa shape index (κ1) is 13.4. The van der Waals surface area contributed by atoms with E-state index in [2.05, 4.69) is 6.72 Å². The molecule has 1 N–H and O–H groups in total. The molecule has 1 aliphatic rings. The molecule has 0 unspecified atom stereocenters. The van der Waals surface area contributed by atoms with E-state index in [1.54, 1.807) is 0 Å². The normalized spacial score (nSPS) is 14.8. The Morgan fingerprint density at radius 2 is 1.88 bits per heavy atom. The molecule has 3 heteroatoms. The first-order chi connectivity index (χ1) is 8.27. The lowest BCUT2D eigenvalue weighted by Gasteiger charge is -2.26. The zero-order valence-electron chi connectivity index (χ0n) is 10.4. The van der Waals surface area contributed by atoms with E-state index in [-0.39, 0.29) is 5.91 Å². The summed E-state index contributed by atoms with van der Waals surface area (Å²) in [7, 11) is 0. The van der Waals surface area contributed by atoms with Crippen LogP contribution in [0.1, 0.15) is 35.2 Å². The predicted octanol–water partition coefficient (Wildman–Crippen LogP) is 2.89. The van der Waals surface area contributed by atoms with Gasteiger partial charge in [0.25, 0.3) is 5.91 Å². The monoisotopic (exact) mass is 232 g/mol. The number of likely N-dealkylation sites (tertiary alicyclic amines) is 1. The molecule has 0 saturated carbocycles. The summed E-state index contributed by atoms with van der Waals surface area (Å²) in [5.74, 6) is 0.193. The van der Waals surface area contributed by atoms with Crippen molar-refractivity contribution in [2.75, 3.05) is 13.1 Å². The first-order valence-corrected chi connectivity index (χ1v) is 5.99. The molecule has 3 nitrogen and oxygen atoms in total. The van der Waals surface area contributed by atoms with Crippen molar-refractivity contribution in [1.82, 2.24) is 4.90 Å². The third kappa shape index (κ3) is 3.70. The van der Waals surface area contributed by atoms with Gasteiger partial charge in [0.15, 0.2) is 0 Å². The highest BCUT2D eigenvalue weighted by atomic mass is 16.2. The number of hydrogen-bond acceptors (Lipinski definition) is 2. The van der Waals surface area contributed by atoms with Crippen LogP contribution in [0.3, 0.4) is 0 Å². The SMILES string of the molecule is C=N.Cc1cccc(C(=O)N2CCCCC2)c1. The van der Waals surface area contributed by atoms with Crippen molar-refractivity contribution in [3.8, 4) is 0 Å². The van der Waals surface area contributed by atoms with Gasteiger partial charge in [-0.05, 0) is 45.0 Å². The molecule has 2 rings (SSSR count). The van der Waals surface area contributed by atoms with Crippen molar-refractivity contribution >= 4 is 12.6 Å². The maximum absolute atomic E-state index is 12.1. The van der Waals surface area contributed by atoms with E-state index in [1.807, 2.05) is 36.1 Å². The van der Waals surface area contributed by atoms with Gasteiger partial charge in [0.05, 0.1) is 0 Å². The van der Waals surface area contributed by atoms with Crippen molar-refractivity contribution in [2.24, 2.45) is 0 Å². The summed E-state index contributed by atoms with van der Waals surface area (Å²) in [6.45, 7) is 6.37. The van der Waals surface area contributed by atoms with Crippen LogP contribution >= 0.6 is 0 Å². The fourth-order valence-electron chi connectivity index (χ4n) is 2.06. The Hall–Kier alpha value is -1.64. The van der Waals surface area contributed by atoms with Gasteiger partial charge in [-0.3, -0.25) is 4.79 Å². The minimum absolute atomic E-state index is 0.193. The van der Waals surface area contributed by atoms with E-state index >= 15 is 0 Å². The van der Waals surface area contributed by atoms with Gasteiger partial charge in [0.1, 0.15) is 0 Å². The fourth-order valence-corrected chi connectivity index (χ4v) is 2.06. The quantitative estimate of drug-likeness (QED) is 0.743. The minimum atomic E-state index is 0.193. The molecule has 1 saturated heterocycles. The topological polar surface area (TPSA) is 44.2 Å². The molecule has 0 radical (unpaired) electrons. The number of rotatable bonds is 1. The highest BCUT2D eigenvalue weighted by Crippen LogP contribution is 2.13. The highest BCUT2D eigenvalue weighted by molar-refractivity contribution is 5.94. The molecule has 1 amide bonds. The van der Waals surface area contributed by atoms with Crippen LogP contribution in [0.15, 0.2) is 24.3 Å². The molecule has 0 spiro atoms. The van der Waals surface area contributed by atoms with Crippen LogP contribution in [-0.4, -0.2) is 30.6 Å². The second-order valence-corrected chi connectivity index (χ2v) is 4.22. The molecule has 0 aliphatic carbocycles. The Labute approximate surface area is 103 Å². The smallest absolute Gasteiger partial charge is 0.253 e.